The summed E-state index contributed by atoms with van der Waals surface area (Å²) in [5, 5.41) is 8.68. The van der Waals surface area contributed by atoms with Crippen LogP contribution in [-0.4, -0.2) is 11.7 Å². The maximum Gasteiger partial charge on any atom is 0.0449 e. The molecule has 1 rings (SSSR count). The molecular formula is C9H12BrNO. The van der Waals surface area contributed by atoms with E-state index in [-0.39, 0.29) is 12.6 Å². The zero-order valence-corrected chi connectivity index (χ0v) is 8.29. The van der Waals surface area contributed by atoms with Crippen LogP contribution in [-0.2, 0) is 0 Å². The molecule has 3 N–H and O–H groups in total. The van der Waals surface area contributed by atoms with E-state index in [1.165, 1.54) is 0 Å². The lowest BCUT2D eigenvalue weighted by Gasteiger charge is -2.09. The summed E-state index contributed by atoms with van der Waals surface area (Å²) in [5.74, 6) is 0. The Balaban J connectivity index is 2.73. The van der Waals surface area contributed by atoms with E-state index in [0.29, 0.717) is 6.42 Å². The molecule has 0 fully saturated rings. The normalized spacial score (nSPS) is 12.9. The molecule has 0 amide bonds. The van der Waals surface area contributed by atoms with Gasteiger partial charge in [-0.2, -0.15) is 0 Å². The van der Waals surface area contributed by atoms with Crippen molar-refractivity contribution in [3.8, 4) is 0 Å². The molecule has 0 saturated heterocycles. The minimum absolute atomic E-state index is 0.0625. The Labute approximate surface area is 80.5 Å². The molecule has 0 spiro atoms. The average Bonchev–Trinajstić information content (AvgIpc) is 2.05. The molecule has 2 nitrogen and oxygen atoms in total. The van der Waals surface area contributed by atoms with Gasteiger partial charge in [-0.25, -0.2) is 0 Å². The van der Waals surface area contributed by atoms with Crippen LogP contribution >= 0.6 is 15.9 Å². The predicted molar refractivity (Wildman–Crippen MR) is 52.8 cm³/mol. The molecule has 3 heteroatoms. The van der Waals surface area contributed by atoms with E-state index in [4.69, 9.17) is 10.8 Å². The highest BCUT2D eigenvalue weighted by molar-refractivity contribution is 9.10. The van der Waals surface area contributed by atoms with Gasteiger partial charge in [-0.15, -0.1) is 0 Å². The fourth-order valence-electron chi connectivity index (χ4n) is 1.04. The number of nitrogens with two attached hydrogens (primary N) is 1. The Kier molecular flexibility index (Phi) is 3.72. The maximum atomic E-state index is 8.68. The Bertz CT molecular complexity index is 252. The second-order valence-electron chi connectivity index (χ2n) is 2.67. The van der Waals surface area contributed by atoms with E-state index in [2.05, 4.69) is 15.9 Å². The molecule has 0 radical (unpaired) electrons. The summed E-state index contributed by atoms with van der Waals surface area (Å²) < 4.78 is 1.02. The molecule has 66 valence electrons. The monoisotopic (exact) mass is 229 g/mol. The summed E-state index contributed by atoms with van der Waals surface area (Å²) in [4.78, 5) is 0. The van der Waals surface area contributed by atoms with Gasteiger partial charge < -0.3 is 10.8 Å². The molecular weight excluding hydrogens is 218 g/mol. The van der Waals surface area contributed by atoms with Crippen LogP contribution < -0.4 is 5.73 Å². The highest BCUT2D eigenvalue weighted by Gasteiger charge is 2.04. The van der Waals surface area contributed by atoms with Crippen molar-refractivity contribution in [3.05, 3.63) is 34.3 Å². The van der Waals surface area contributed by atoms with Crippen molar-refractivity contribution in [2.45, 2.75) is 12.5 Å². The molecule has 0 aliphatic carbocycles. The summed E-state index contributed by atoms with van der Waals surface area (Å²) >= 11 is 3.36. The first-order valence-electron chi connectivity index (χ1n) is 3.86. The molecule has 0 bridgehead atoms. The minimum atomic E-state index is -0.0625. The Morgan fingerprint density at radius 1 is 1.50 bits per heavy atom. The molecule has 0 saturated carbocycles. The van der Waals surface area contributed by atoms with Gasteiger partial charge in [0.25, 0.3) is 0 Å². The molecule has 1 aromatic rings. The van der Waals surface area contributed by atoms with Gasteiger partial charge in [-0.1, -0.05) is 28.1 Å². The quantitative estimate of drug-likeness (QED) is 0.832. The first-order valence-corrected chi connectivity index (χ1v) is 4.65. The molecule has 1 aromatic carbocycles. The van der Waals surface area contributed by atoms with Gasteiger partial charge >= 0.3 is 0 Å². The van der Waals surface area contributed by atoms with Gasteiger partial charge in [-0.3, -0.25) is 0 Å². The summed E-state index contributed by atoms with van der Waals surface area (Å²) in [6, 6.07) is 7.77. The zero-order chi connectivity index (χ0) is 8.97. The molecule has 0 heterocycles. The van der Waals surface area contributed by atoms with Crippen molar-refractivity contribution in [2.24, 2.45) is 5.73 Å². The third kappa shape index (κ3) is 2.59. The second kappa shape index (κ2) is 4.60. The van der Waals surface area contributed by atoms with Crippen LogP contribution in [0.3, 0.4) is 0 Å². The summed E-state index contributed by atoms with van der Waals surface area (Å²) in [6.45, 7) is 0.133. The molecule has 1 unspecified atom stereocenters. The van der Waals surface area contributed by atoms with E-state index in [1.54, 1.807) is 0 Å². The number of hydrogen-bond donors (Lipinski definition) is 2. The third-order valence-corrected chi connectivity index (χ3v) is 2.21. The third-order valence-electron chi connectivity index (χ3n) is 1.72. The average molecular weight is 230 g/mol. The highest BCUT2D eigenvalue weighted by atomic mass is 79.9. The second-order valence-corrected chi connectivity index (χ2v) is 3.59. The largest absolute Gasteiger partial charge is 0.396 e. The van der Waals surface area contributed by atoms with E-state index in [1.807, 2.05) is 24.3 Å². The summed E-state index contributed by atoms with van der Waals surface area (Å²) in [5.41, 5.74) is 6.85. The van der Waals surface area contributed by atoms with Gasteiger partial charge in [0.05, 0.1) is 0 Å². The first kappa shape index (κ1) is 9.71. The van der Waals surface area contributed by atoms with Crippen molar-refractivity contribution >= 4 is 15.9 Å². The van der Waals surface area contributed by atoms with Crippen molar-refractivity contribution in [2.75, 3.05) is 6.61 Å². The lowest BCUT2D eigenvalue weighted by Crippen LogP contribution is -2.11. The van der Waals surface area contributed by atoms with Crippen LogP contribution in [0.2, 0.25) is 0 Å². The van der Waals surface area contributed by atoms with Crippen LogP contribution in [0, 0.1) is 0 Å². The van der Waals surface area contributed by atoms with Gasteiger partial charge in [0.15, 0.2) is 0 Å². The zero-order valence-electron chi connectivity index (χ0n) is 6.70. The van der Waals surface area contributed by atoms with Crippen molar-refractivity contribution in [1.82, 2.24) is 0 Å². The Morgan fingerprint density at radius 2 is 2.25 bits per heavy atom. The number of hydrogen-bond acceptors (Lipinski definition) is 2. The van der Waals surface area contributed by atoms with Gasteiger partial charge in [0.2, 0.25) is 0 Å². The topological polar surface area (TPSA) is 46.2 Å². The standard InChI is InChI=1S/C9H12BrNO/c10-8-3-1-2-7(6-8)9(11)4-5-12/h1-3,6,9,12H,4-5,11H2. The van der Waals surface area contributed by atoms with E-state index < -0.39 is 0 Å². The van der Waals surface area contributed by atoms with Crippen molar-refractivity contribution in [3.63, 3.8) is 0 Å². The number of benzene rings is 1. The Morgan fingerprint density at radius 3 is 2.83 bits per heavy atom. The fraction of sp³-hybridized carbons (Fsp3) is 0.333. The van der Waals surface area contributed by atoms with Crippen LogP contribution in [0.4, 0.5) is 0 Å². The number of halogens is 1. The number of aliphatic hydroxyl groups excluding tert-OH is 1. The SMILES string of the molecule is NC(CCO)c1cccc(Br)c1. The lowest BCUT2D eigenvalue weighted by molar-refractivity contribution is 0.276. The molecule has 0 aliphatic heterocycles. The van der Waals surface area contributed by atoms with Gasteiger partial charge in [0, 0.05) is 17.1 Å². The lowest BCUT2D eigenvalue weighted by atomic mass is 10.1. The molecule has 12 heavy (non-hydrogen) atoms. The van der Waals surface area contributed by atoms with Gasteiger partial charge in [0.1, 0.15) is 0 Å². The molecule has 0 aromatic heterocycles. The van der Waals surface area contributed by atoms with Crippen molar-refractivity contribution < 1.29 is 5.11 Å². The predicted octanol–water partition coefficient (Wildman–Crippen LogP) is 1.83. The smallest absolute Gasteiger partial charge is 0.0449 e. The number of aliphatic hydroxyl groups is 1. The van der Waals surface area contributed by atoms with Gasteiger partial charge in [-0.05, 0) is 24.1 Å². The number of rotatable bonds is 3. The Hall–Kier alpha value is -0.380. The first-order chi connectivity index (χ1) is 5.74. The molecule has 0 aliphatic rings. The van der Waals surface area contributed by atoms with Crippen LogP contribution in [0.5, 0.6) is 0 Å². The van der Waals surface area contributed by atoms with Crippen LogP contribution in [0.25, 0.3) is 0 Å². The molecule has 1 atom stereocenters. The fourth-order valence-corrected chi connectivity index (χ4v) is 1.46. The van der Waals surface area contributed by atoms with E-state index in [9.17, 15) is 0 Å². The van der Waals surface area contributed by atoms with E-state index in [0.717, 1.165) is 10.0 Å². The van der Waals surface area contributed by atoms with E-state index >= 15 is 0 Å². The summed E-state index contributed by atoms with van der Waals surface area (Å²) in [6.07, 6.45) is 0.608. The van der Waals surface area contributed by atoms with Crippen molar-refractivity contribution in [1.29, 1.82) is 0 Å². The maximum absolute atomic E-state index is 8.68. The van der Waals surface area contributed by atoms with Crippen LogP contribution in [0.15, 0.2) is 28.7 Å². The minimum Gasteiger partial charge on any atom is -0.396 e. The van der Waals surface area contributed by atoms with Crippen LogP contribution in [0.1, 0.15) is 18.0 Å². The summed E-state index contributed by atoms with van der Waals surface area (Å²) in [7, 11) is 0. The highest BCUT2D eigenvalue weighted by Crippen LogP contribution is 2.18.